The quantitative estimate of drug-likeness (QED) is 0.306. The van der Waals surface area contributed by atoms with Gasteiger partial charge in [-0.25, -0.2) is 0 Å². The van der Waals surface area contributed by atoms with Crippen LogP contribution in [0.5, 0.6) is 17.2 Å². The molecule has 0 saturated carbocycles. The molecular weight excluding hydrogens is 496 g/mol. The molecule has 184 valence electrons. The highest BCUT2D eigenvalue weighted by atomic mass is 32.2. The fourth-order valence-electron chi connectivity index (χ4n) is 3.37. The van der Waals surface area contributed by atoms with Crippen LogP contribution in [0.25, 0.3) is 6.08 Å². The van der Waals surface area contributed by atoms with Gasteiger partial charge < -0.3 is 14.2 Å². The highest BCUT2D eigenvalue weighted by molar-refractivity contribution is 8.26. The van der Waals surface area contributed by atoms with E-state index in [0.29, 0.717) is 40.9 Å². The number of thioether (sulfide) groups is 1. The number of hydrogen-bond donors (Lipinski definition) is 1. The number of methoxy groups -OCH3 is 1. The molecule has 0 spiro atoms. The number of thiocarbonyl (C=S) groups is 1. The van der Waals surface area contributed by atoms with Gasteiger partial charge in [-0.1, -0.05) is 48.2 Å². The van der Waals surface area contributed by atoms with Crippen LogP contribution in [0.1, 0.15) is 28.4 Å². The molecule has 3 aromatic rings. The fourth-order valence-corrected chi connectivity index (χ4v) is 4.55. The molecule has 0 bridgehead atoms. The third kappa shape index (κ3) is 6.05. The van der Waals surface area contributed by atoms with Crippen molar-refractivity contribution in [2.24, 2.45) is 0 Å². The lowest BCUT2D eigenvalue weighted by molar-refractivity contribution is -0.123. The maximum absolute atomic E-state index is 12.9. The van der Waals surface area contributed by atoms with Crippen molar-refractivity contribution in [2.75, 3.05) is 13.7 Å². The summed E-state index contributed by atoms with van der Waals surface area (Å²) in [6.45, 7) is 2.83. The Labute approximate surface area is 219 Å². The molecule has 36 heavy (non-hydrogen) atoms. The smallest absolute Gasteiger partial charge is 0.285 e. The summed E-state index contributed by atoms with van der Waals surface area (Å²) in [6, 6.07) is 21.9. The zero-order valence-corrected chi connectivity index (χ0v) is 21.4. The number of hydrogen-bond acceptors (Lipinski definition) is 7. The van der Waals surface area contributed by atoms with E-state index in [2.05, 4.69) is 5.43 Å². The summed E-state index contributed by atoms with van der Waals surface area (Å²) < 4.78 is 16.9. The van der Waals surface area contributed by atoms with E-state index in [1.165, 1.54) is 0 Å². The first kappa shape index (κ1) is 25.3. The summed E-state index contributed by atoms with van der Waals surface area (Å²) in [6.07, 6.45) is 1.70. The lowest BCUT2D eigenvalue weighted by atomic mass is 10.2. The number of carbonyl (C=O) groups is 2. The third-order valence-corrected chi connectivity index (χ3v) is 6.46. The zero-order chi connectivity index (χ0) is 25.5. The Morgan fingerprint density at radius 1 is 1.03 bits per heavy atom. The molecule has 1 fully saturated rings. The summed E-state index contributed by atoms with van der Waals surface area (Å²) in [5.41, 5.74) is 4.75. The van der Waals surface area contributed by atoms with Gasteiger partial charge in [0, 0.05) is 5.56 Å². The van der Waals surface area contributed by atoms with E-state index < -0.39 is 11.8 Å². The zero-order valence-electron chi connectivity index (χ0n) is 19.7. The highest BCUT2D eigenvalue weighted by Gasteiger charge is 2.33. The van der Waals surface area contributed by atoms with Crippen LogP contribution in [0, 0.1) is 0 Å². The Morgan fingerprint density at radius 3 is 2.47 bits per heavy atom. The Morgan fingerprint density at radius 2 is 1.78 bits per heavy atom. The first-order chi connectivity index (χ1) is 17.5. The van der Waals surface area contributed by atoms with Crippen molar-refractivity contribution in [1.29, 1.82) is 0 Å². The first-order valence-electron chi connectivity index (χ1n) is 11.1. The molecule has 0 unspecified atom stereocenters. The fraction of sp³-hybridized carbons (Fsp3) is 0.148. The lowest BCUT2D eigenvalue weighted by Gasteiger charge is -2.16. The molecule has 1 aliphatic rings. The van der Waals surface area contributed by atoms with Crippen molar-refractivity contribution in [3.05, 3.63) is 94.4 Å². The number of amides is 2. The van der Waals surface area contributed by atoms with Crippen molar-refractivity contribution in [3.8, 4) is 17.2 Å². The number of ether oxygens (including phenoxy) is 3. The molecule has 0 aliphatic carbocycles. The Bertz CT molecular complexity index is 1290. The van der Waals surface area contributed by atoms with Crippen LogP contribution in [-0.4, -0.2) is 34.9 Å². The van der Waals surface area contributed by atoms with Gasteiger partial charge in [0.2, 0.25) is 0 Å². The summed E-state index contributed by atoms with van der Waals surface area (Å²) in [7, 11) is 1.55. The monoisotopic (exact) mass is 520 g/mol. The van der Waals surface area contributed by atoms with Crippen molar-refractivity contribution in [2.45, 2.75) is 13.5 Å². The first-order valence-corrected chi connectivity index (χ1v) is 12.4. The van der Waals surface area contributed by atoms with Crippen molar-refractivity contribution < 1.29 is 23.8 Å². The van der Waals surface area contributed by atoms with Crippen LogP contribution < -0.4 is 19.6 Å². The highest BCUT2D eigenvalue weighted by Crippen LogP contribution is 2.34. The molecule has 4 rings (SSSR count). The second-order valence-electron chi connectivity index (χ2n) is 7.60. The van der Waals surface area contributed by atoms with Crippen molar-refractivity contribution in [1.82, 2.24) is 10.4 Å². The van der Waals surface area contributed by atoms with E-state index in [1.54, 1.807) is 49.6 Å². The van der Waals surface area contributed by atoms with Crippen LogP contribution in [0.3, 0.4) is 0 Å². The van der Waals surface area contributed by atoms with Crippen molar-refractivity contribution >= 4 is 46.2 Å². The summed E-state index contributed by atoms with van der Waals surface area (Å²) in [4.78, 5) is 26.1. The number of carbonyl (C=O) groups excluding carboxylic acids is 2. The maximum Gasteiger partial charge on any atom is 0.285 e. The third-order valence-electron chi connectivity index (χ3n) is 5.16. The molecule has 1 N–H and O–H groups in total. The SMILES string of the molecule is CCOc1ccc(/C=C2\SC(=S)N(NC(=O)c3ccc(OCc4ccccc4)cc3)C2=O)cc1OC. The van der Waals surface area contributed by atoms with Crippen LogP contribution in [0.4, 0.5) is 0 Å². The normalized spacial score (nSPS) is 14.2. The van der Waals surface area contributed by atoms with Gasteiger partial charge in [-0.15, -0.1) is 0 Å². The van der Waals surface area contributed by atoms with E-state index in [4.69, 9.17) is 26.4 Å². The number of rotatable bonds is 9. The van der Waals surface area contributed by atoms with E-state index in [0.717, 1.165) is 27.9 Å². The molecule has 0 aromatic heterocycles. The minimum Gasteiger partial charge on any atom is -0.493 e. The minimum atomic E-state index is -0.454. The maximum atomic E-state index is 12.9. The Balaban J connectivity index is 1.39. The molecule has 0 radical (unpaired) electrons. The van der Waals surface area contributed by atoms with Gasteiger partial charge in [0.05, 0.1) is 18.6 Å². The standard InChI is InChI=1S/C27H24N2O5S2/c1-3-33-22-14-9-19(15-23(22)32-2)16-24-26(31)29(27(35)36-24)28-25(30)20-10-12-21(13-11-20)34-17-18-7-5-4-6-8-18/h4-16H,3,17H2,1-2H3,(H,28,30)/b24-16-. The molecule has 7 nitrogen and oxygen atoms in total. The Hall–Kier alpha value is -3.82. The van der Waals surface area contributed by atoms with Gasteiger partial charge >= 0.3 is 0 Å². The second kappa shape index (κ2) is 11.7. The summed E-state index contributed by atoms with van der Waals surface area (Å²) >= 11 is 6.44. The van der Waals surface area contributed by atoms with Gasteiger partial charge in [-0.2, -0.15) is 5.01 Å². The topological polar surface area (TPSA) is 77.1 Å². The van der Waals surface area contributed by atoms with E-state index in [9.17, 15) is 9.59 Å². The molecule has 1 heterocycles. The van der Waals surface area contributed by atoms with Gasteiger partial charge in [-0.05, 0) is 72.7 Å². The number of nitrogens with zero attached hydrogens (tertiary/aromatic N) is 1. The second-order valence-corrected chi connectivity index (χ2v) is 9.28. The lowest BCUT2D eigenvalue weighted by Crippen LogP contribution is -2.44. The van der Waals surface area contributed by atoms with Crippen LogP contribution in [0.15, 0.2) is 77.7 Å². The predicted molar refractivity (Wildman–Crippen MR) is 144 cm³/mol. The minimum absolute atomic E-state index is 0.236. The van der Waals surface area contributed by atoms with Gasteiger partial charge in [0.15, 0.2) is 15.8 Å². The van der Waals surface area contributed by atoms with Gasteiger partial charge in [0.1, 0.15) is 12.4 Å². The number of nitrogens with one attached hydrogen (secondary N) is 1. The molecule has 3 aromatic carbocycles. The van der Waals surface area contributed by atoms with Gasteiger partial charge in [-0.3, -0.25) is 15.0 Å². The molecule has 1 saturated heterocycles. The molecule has 2 amide bonds. The number of benzene rings is 3. The molecule has 9 heteroatoms. The molecule has 1 aliphatic heterocycles. The summed E-state index contributed by atoms with van der Waals surface area (Å²) in [5.74, 6) is 0.952. The predicted octanol–water partition coefficient (Wildman–Crippen LogP) is 5.22. The molecular formula is C27H24N2O5S2. The largest absolute Gasteiger partial charge is 0.493 e. The Kier molecular flexibility index (Phi) is 8.24. The van der Waals surface area contributed by atoms with Crippen LogP contribution in [0.2, 0.25) is 0 Å². The van der Waals surface area contributed by atoms with E-state index in [1.807, 2.05) is 43.3 Å². The van der Waals surface area contributed by atoms with E-state index in [-0.39, 0.29) is 4.32 Å². The average Bonchev–Trinajstić information content (AvgIpc) is 3.16. The van der Waals surface area contributed by atoms with E-state index >= 15 is 0 Å². The van der Waals surface area contributed by atoms with Crippen molar-refractivity contribution in [3.63, 3.8) is 0 Å². The van der Waals surface area contributed by atoms with Crippen LogP contribution >= 0.6 is 24.0 Å². The average molecular weight is 521 g/mol. The molecule has 0 atom stereocenters. The summed E-state index contributed by atoms with van der Waals surface area (Å²) in [5, 5.41) is 1.08. The van der Waals surface area contributed by atoms with Gasteiger partial charge in [0.25, 0.3) is 11.8 Å². The van der Waals surface area contributed by atoms with Crippen LogP contribution in [-0.2, 0) is 11.4 Å². The number of hydrazine groups is 1.